The van der Waals surface area contributed by atoms with Crippen molar-refractivity contribution in [1.29, 1.82) is 0 Å². The summed E-state index contributed by atoms with van der Waals surface area (Å²) in [7, 11) is 0. The number of benzene rings is 2. The number of anilines is 1. The Kier molecular flexibility index (Phi) is 5.14. The van der Waals surface area contributed by atoms with Crippen LogP contribution in [0.1, 0.15) is 31.2 Å². The third kappa shape index (κ3) is 4.05. The highest BCUT2D eigenvalue weighted by Crippen LogP contribution is 2.39. The first-order chi connectivity index (χ1) is 14.0. The molecule has 0 spiro atoms. The summed E-state index contributed by atoms with van der Waals surface area (Å²) in [5.41, 5.74) is 9.59. The second-order valence-electron chi connectivity index (χ2n) is 6.81. The van der Waals surface area contributed by atoms with Crippen LogP contribution in [0.2, 0.25) is 0 Å². The number of primary amides is 1. The maximum absolute atomic E-state index is 12.8. The molecule has 1 aliphatic rings. The zero-order chi connectivity index (χ0) is 20.4. The Morgan fingerprint density at radius 1 is 0.931 bits per heavy atom. The van der Waals surface area contributed by atoms with E-state index in [0.29, 0.717) is 16.1 Å². The number of carbonyl (C=O) groups is 3. The predicted molar refractivity (Wildman–Crippen MR) is 113 cm³/mol. The van der Waals surface area contributed by atoms with Crippen LogP contribution >= 0.6 is 11.3 Å². The van der Waals surface area contributed by atoms with Gasteiger partial charge >= 0.3 is 0 Å². The van der Waals surface area contributed by atoms with Crippen LogP contribution in [0.5, 0.6) is 0 Å². The molecule has 0 aliphatic heterocycles. The number of nitrogens with one attached hydrogen (secondary N) is 2. The molecule has 3 amide bonds. The highest BCUT2D eigenvalue weighted by atomic mass is 32.1. The van der Waals surface area contributed by atoms with Gasteiger partial charge in [0.15, 0.2) is 0 Å². The average Bonchev–Trinajstić information content (AvgIpc) is 3.17. The Balaban J connectivity index is 1.51. The fourth-order valence-electron chi connectivity index (χ4n) is 3.38. The summed E-state index contributed by atoms with van der Waals surface area (Å²) in [5, 5.41) is 5.28. The van der Waals surface area contributed by atoms with Crippen molar-refractivity contribution in [2.75, 3.05) is 11.9 Å². The summed E-state index contributed by atoms with van der Waals surface area (Å²) in [4.78, 5) is 37.5. The lowest BCUT2D eigenvalue weighted by Crippen LogP contribution is -2.33. The van der Waals surface area contributed by atoms with Crippen LogP contribution in [0.15, 0.2) is 54.6 Å². The molecule has 0 radical (unpaired) electrons. The maximum Gasteiger partial charge on any atom is 0.265 e. The van der Waals surface area contributed by atoms with Crippen molar-refractivity contribution in [2.45, 2.75) is 12.8 Å². The van der Waals surface area contributed by atoms with Crippen molar-refractivity contribution in [3.05, 3.63) is 76.2 Å². The second-order valence-corrected chi connectivity index (χ2v) is 7.86. The van der Waals surface area contributed by atoms with Gasteiger partial charge in [0.25, 0.3) is 11.8 Å². The smallest absolute Gasteiger partial charge is 0.265 e. The number of hydrogen-bond acceptors (Lipinski definition) is 4. The molecule has 0 bridgehead atoms. The number of rotatable bonds is 5. The monoisotopic (exact) mass is 405 g/mol. The number of nitrogens with two attached hydrogens (primary N) is 1. The highest BCUT2D eigenvalue weighted by molar-refractivity contribution is 7.17. The molecule has 146 valence electrons. The Bertz CT molecular complexity index is 1120. The molecule has 1 aromatic heterocycles. The zero-order valence-electron chi connectivity index (χ0n) is 15.5. The lowest BCUT2D eigenvalue weighted by atomic mass is 9.91. The van der Waals surface area contributed by atoms with Crippen LogP contribution in [-0.2, 0) is 17.6 Å². The van der Waals surface area contributed by atoms with Gasteiger partial charge in [-0.2, -0.15) is 0 Å². The van der Waals surface area contributed by atoms with Crippen LogP contribution in [-0.4, -0.2) is 24.3 Å². The van der Waals surface area contributed by atoms with E-state index in [2.05, 4.69) is 22.8 Å². The Hall–Kier alpha value is -3.45. The molecule has 0 atom stereocenters. The standard InChI is InChI=1S/C22H19N3O3S/c23-19(26)12-24-21(27)15-5-3-6-16(10-15)25-22(28)18-11-14-9-8-13-4-1-2-7-17(13)20(14)29-18/h1-7,10-11H,8-9,12H2,(H2,23,26)(H,24,27)(H,25,28). The quantitative estimate of drug-likeness (QED) is 0.608. The summed E-state index contributed by atoms with van der Waals surface area (Å²) >= 11 is 1.48. The summed E-state index contributed by atoms with van der Waals surface area (Å²) < 4.78 is 0. The molecule has 0 saturated heterocycles. The SMILES string of the molecule is NC(=O)CNC(=O)c1cccc(NC(=O)c2cc3c(s2)-c2ccccc2CC3)c1. The third-order valence-corrected chi connectivity index (χ3v) is 5.97. The molecule has 29 heavy (non-hydrogen) atoms. The van der Waals surface area contributed by atoms with Crippen molar-refractivity contribution < 1.29 is 14.4 Å². The Morgan fingerprint density at radius 2 is 1.72 bits per heavy atom. The van der Waals surface area contributed by atoms with E-state index in [0.717, 1.165) is 17.7 Å². The topological polar surface area (TPSA) is 101 Å². The van der Waals surface area contributed by atoms with E-state index < -0.39 is 11.8 Å². The first-order valence-electron chi connectivity index (χ1n) is 9.20. The van der Waals surface area contributed by atoms with E-state index in [-0.39, 0.29) is 12.5 Å². The average molecular weight is 405 g/mol. The zero-order valence-corrected chi connectivity index (χ0v) is 16.3. The summed E-state index contributed by atoms with van der Waals surface area (Å²) in [6.45, 7) is -0.238. The molecule has 7 heteroatoms. The van der Waals surface area contributed by atoms with Gasteiger partial charge in [0.1, 0.15) is 0 Å². The van der Waals surface area contributed by atoms with E-state index >= 15 is 0 Å². The Morgan fingerprint density at radius 3 is 2.55 bits per heavy atom. The van der Waals surface area contributed by atoms with Gasteiger partial charge in [-0.15, -0.1) is 11.3 Å². The van der Waals surface area contributed by atoms with Crippen LogP contribution < -0.4 is 16.4 Å². The fraction of sp³-hybridized carbons (Fsp3) is 0.136. The van der Waals surface area contributed by atoms with Crippen molar-refractivity contribution in [3.63, 3.8) is 0 Å². The molecule has 3 aromatic rings. The number of carbonyl (C=O) groups excluding carboxylic acids is 3. The first-order valence-corrected chi connectivity index (χ1v) is 10.0. The van der Waals surface area contributed by atoms with Gasteiger partial charge < -0.3 is 16.4 Å². The number of thiophene rings is 1. The van der Waals surface area contributed by atoms with Crippen LogP contribution in [0.3, 0.4) is 0 Å². The third-order valence-electron chi connectivity index (χ3n) is 4.76. The molecule has 4 N–H and O–H groups in total. The normalized spacial score (nSPS) is 11.9. The van der Waals surface area contributed by atoms with Crippen molar-refractivity contribution in [3.8, 4) is 10.4 Å². The summed E-state index contributed by atoms with van der Waals surface area (Å²) in [5.74, 6) is -1.26. The van der Waals surface area contributed by atoms with Gasteiger partial charge in [-0.05, 0) is 53.8 Å². The lowest BCUT2D eigenvalue weighted by molar-refractivity contribution is -0.117. The molecule has 0 unspecified atom stereocenters. The molecular weight excluding hydrogens is 386 g/mol. The minimum atomic E-state index is -0.619. The van der Waals surface area contributed by atoms with Crippen LogP contribution in [0.25, 0.3) is 10.4 Å². The van der Waals surface area contributed by atoms with E-state index in [1.165, 1.54) is 28.0 Å². The van der Waals surface area contributed by atoms with Crippen LogP contribution in [0, 0.1) is 0 Å². The maximum atomic E-state index is 12.8. The predicted octanol–water partition coefficient (Wildman–Crippen LogP) is 2.98. The van der Waals surface area contributed by atoms with E-state index in [9.17, 15) is 14.4 Å². The van der Waals surface area contributed by atoms with Crippen molar-refractivity contribution >= 4 is 34.7 Å². The molecule has 4 rings (SSSR count). The van der Waals surface area contributed by atoms with Gasteiger partial charge in [-0.1, -0.05) is 30.3 Å². The van der Waals surface area contributed by atoms with E-state index in [1.54, 1.807) is 24.3 Å². The van der Waals surface area contributed by atoms with Gasteiger partial charge in [0.05, 0.1) is 11.4 Å². The minimum Gasteiger partial charge on any atom is -0.368 e. The van der Waals surface area contributed by atoms with Gasteiger partial charge in [-0.3, -0.25) is 14.4 Å². The van der Waals surface area contributed by atoms with E-state index in [4.69, 9.17) is 5.73 Å². The summed E-state index contributed by atoms with van der Waals surface area (Å²) in [6, 6.07) is 16.8. The molecule has 6 nitrogen and oxygen atoms in total. The molecule has 2 aromatic carbocycles. The molecule has 0 fully saturated rings. The molecule has 1 aliphatic carbocycles. The first kappa shape index (κ1) is 18.9. The van der Waals surface area contributed by atoms with Crippen molar-refractivity contribution in [1.82, 2.24) is 5.32 Å². The Labute approximate surface area is 171 Å². The van der Waals surface area contributed by atoms with Crippen molar-refractivity contribution in [2.24, 2.45) is 5.73 Å². The van der Waals surface area contributed by atoms with Crippen LogP contribution in [0.4, 0.5) is 5.69 Å². The molecular formula is C22H19N3O3S. The minimum absolute atomic E-state index is 0.212. The number of amides is 3. The molecule has 0 saturated carbocycles. The van der Waals surface area contributed by atoms with Gasteiger partial charge in [0, 0.05) is 16.1 Å². The lowest BCUT2D eigenvalue weighted by Gasteiger charge is -2.15. The highest BCUT2D eigenvalue weighted by Gasteiger charge is 2.21. The van der Waals surface area contributed by atoms with Gasteiger partial charge in [-0.25, -0.2) is 0 Å². The second kappa shape index (κ2) is 7.89. The summed E-state index contributed by atoms with van der Waals surface area (Å²) in [6.07, 6.45) is 1.90. The fourth-order valence-corrected chi connectivity index (χ4v) is 4.55. The largest absolute Gasteiger partial charge is 0.368 e. The number of aryl methyl sites for hydroxylation is 2. The number of hydrogen-bond donors (Lipinski definition) is 3. The van der Waals surface area contributed by atoms with E-state index in [1.807, 2.05) is 18.2 Å². The molecule has 1 heterocycles. The van der Waals surface area contributed by atoms with Gasteiger partial charge in [0.2, 0.25) is 5.91 Å². The number of fused-ring (bicyclic) bond motifs is 3.